The second kappa shape index (κ2) is 7.55. The van der Waals surface area contributed by atoms with E-state index >= 15 is 0 Å². The number of hydrogen-bond acceptors (Lipinski definition) is 2. The van der Waals surface area contributed by atoms with Gasteiger partial charge in [-0.2, -0.15) is 0 Å². The minimum absolute atomic E-state index is 0.0398. The summed E-state index contributed by atoms with van der Waals surface area (Å²) in [6, 6.07) is 19.5. The van der Waals surface area contributed by atoms with Crippen molar-refractivity contribution in [3.05, 3.63) is 71.8 Å². The molecule has 4 heteroatoms. The van der Waals surface area contributed by atoms with Gasteiger partial charge in [-0.3, -0.25) is 9.59 Å². The molecular formula is C23H26N2O2. The van der Waals surface area contributed by atoms with Crippen LogP contribution in [0.5, 0.6) is 0 Å². The van der Waals surface area contributed by atoms with E-state index in [2.05, 4.69) is 17.4 Å². The second-order valence-electron chi connectivity index (χ2n) is 7.78. The molecule has 0 bridgehead atoms. The zero-order valence-electron chi connectivity index (χ0n) is 15.6. The summed E-state index contributed by atoms with van der Waals surface area (Å²) in [4.78, 5) is 27.5. The molecule has 27 heavy (non-hydrogen) atoms. The Bertz CT molecular complexity index is 800. The number of rotatable bonds is 5. The maximum atomic E-state index is 13.2. The van der Waals surface area contributed by atoms with E-state index in [1.807, 2.05) is 53.4 Å². The molecule has 4 nitrogen and oxygen atoms in total. The number of amides is 2. The molecule has 1 saturated heterocycles. The minimum Gasteiger partial charge on any atom is -0.352 e. The monoisotopic (exact) mass is 362 g/mol. The molecule has 1 N–H and O–H groups in total. The number of carbonyl (C=O) groups is 2. The first-order valence-electron chi connectivity index (χ1n) is 9.87. The van der Waals surface area contributed by atoms with Crippen molar-refractivity contribution in [1.82, 2.24) is 10.2 Å². The quantitative estimate of drug-likeness (QED) is 0.886. The summed E-state index contributed by atoms with van der Waals surface area (Å²) in [5.74, 6) is 0.553. The van der Waals surface area contributed by atoms with Crippen molar-refractivity contribution in [2.45, 2.75) is 31.1 Å². The van der Waals surface area contributed by atoms with Gasteiger partial charge in [-0.15, -0.1) is 0 Å². The van der Waals surface area contributed by atoms with Gasteiger partial charge in [0.25, 0.3) is 5.91 Å². The van der Waals surface area contributed by atoms with Gasteiger partial charge in [0.2, 0.25) is 5.91 Å². The van der Waals surface area contributed by atoms with E-state index in [1.165, 1.54) is 0 Å². The van der Waals surface area contributed by atoms with Gasteiger partial charge in [0, 0.05) is 25.2 Å². The van der Waals surface area contributed by atoms with Crippen LogP contribution in [0, 0.1) is 5.92 Å². The highest BCUT2D eigenvalue weighted by molar-refractivity contribution is 5.94. The molecule has 140 valence electrons. The van der Waals surface area contributed by atoms with Crippen LogP contribution in [-0.4, -0.2) is 36.3 Å². The van der Waals surface area contributed by atoms with E-state index in [0.717, 1.165) is 44.3 Å². The Morgan fingerprint density at radius 2 is 1.67 bits per heavy atom. The van der Waals surface area contributed by atoms with E-state index in [9.17, 15) is 9.59 Å². The third-order valence-corrected chi connectivity index (χ3v) is 5.88. The molecule has 1 aliphatic heterocycles. The standard InChI is InChI=1S/C23H26N2O2/c26-21(19-9-3-1-4-10-19)24-16-18-8-7-15-25(17-18)22(27)23(13-14-23)20-11-5-2-6-12-20/h1-6,9-12,18H,7-8,13-17H2,(H,24,26). The van der Waals surface area contributed by atoms with E-state index in [4.69, 9.17) is 0 Å². The number of nitrogens with one attached hydrogen (secondary N) is 1. The predicted octanol–water partition coefficient (Wildman–Crippen LogP) is 3.39. The Labute approximate surface area is 160 Å². The van der Waals surface area contributed by atoms with Crippen LogP contribution in [0.2, 0.25) is 0 Å². The lowest BCUT2D eigenvalue weighted by molar-refractivity contribution is -0.135. The lowest BCUT2D eigenvalue weighted by Crippen LogP contribution is -2.47. The number of nitrogens with zero attached hydrogens (tertiary/aromatic N) is 1. The highest BCUT2D eigenvalue weighted by atomic mass is 16.2. The normalized spacial score (nSPS) is 20.7. The molecule has 4 rings (SSSR count). The van der Waals surface area contributed by atoms with E-state index < -0.39 is 0 Å². The molecule has 1 unspecified atom stereocenters. The first kappa shape index (κ1) is 17.8. The third-order valence-electron chi connectivity index (χ3n) is 5.88. The Balaban J connectivity index is 1.36. The maximum absolute atomic E-state index is 13.2. The summed E-state index contributed by atoms with van der Waals surface area (Å²) in [7, 11) is 0. The van der Waals surface area contributed by atoms with Gasteiger partial charge in [0.1, 0.15) is 0 Å². The number of likely N-dealkylation sites (tertiary alicyclic amines) is 1. The number of hydrogen-bond donors (Lipinski definition) is 1. The molecule has 2 amide bonds. The summed E-state index contributed by atoms with van der Waals surface area (Å²) in [6.45, 7) is 2.19. The smallest absolute Gasteiger partial charge is 0.251 e. The molecule has 1 atom stereocenters. The summed E-state index contributed by atoms with van der Waals surface area (Å²) < 4.78 is 0. The van der Waals surface area contributed by atoms with Gasteiger partial charge in [0.05, 0.1) is 5.41 Å². The Hall–Kier alpha value is -2.62. The highest BCUT2D eigenvalue weighted by Gasteiger charge is 2.53. The van der Waals surface area contributed by atoms with E-state index in [1.54, 1.807) is 0 Å². The molecule has 2 aliphatic rings. The van der Waals surface area contributed by atoms with Crippen molar-refractivity contribution in [2.75, 3.05) is 19.6 Å². The average molecular weight is 362 g/mol. The Kier molecular flexibility index (Phi) is 4.97. The first-order valence-corrected chi connectivity index (χ1v) is 9.87. The lowest BCUT2D eigenvalue weighted by atomic mass is 9.91. The second-order valence-corrected chi connectivity index (χ2v) is 7.78. The van der Waals surface area contributed by atoms with Crippen molar-refractivity contribution < 1.29 is 9.59 Å². The van der Waals surface area contributed by atoms with Gasteiger partial charge in [-0.05, 0) is 49.3 Å². The van der Waals surface area contributed by atoms with Crippen LogP contribution in [0.15, 0.2) is 60.7 Å². The maximum Gasteiger partial charge on any atom is 0.251 e. The van der Waals surface area contributed by atoms with Crippen LogP contribution in [0.3, 0.4) is 0 Å². The van der Waals surface area contributed by atoms with Gasteiger partial charge in [-0.25, -0.2) is 0 Å². The molecule has 0 radical (unpaired) electrons. The Morgan fingerprint density at radius 1 is 1.00 bits per heavy atom. The van der Waals surface area contributed by atoms with Crippen LogP contribution < -0.4 is 5.32 Å². The van der Waals surface area contributed by atoms with Crippen molar-refractivity contribution >= 4 is 11.8 Å². The molecule has 0 spiro atoms. The first-order chi connectivity index (χ1) is 13.2. The van der Waals surface area contributed by atoms with Crippen LogP contribution in [0.1, 0.15) is 41.6 Å². The summed E-state index contributed by atoms with van der Waals surface area (Å²) in [5.41, 5.74) is 1.54. The minimum atomic E-state index is -0.295. The highest BCUT2D eigenvalue weighted by Crippen LogP contribution is 2.49. The van der Waals surface area contributed by atoms with Crippen molar-refractivity contribution in [1.29, 1.82) is 0 Å². The number of piperidine rings is 1. The van der Waals surface area contributed by atoms with Crippen molar-refractivity contribution in [3.63, 3.8) is 0 Å². The van der Waals surface area contributed by atoms with Gasteiger partial charge in [-0.1, -0.05) is 48.5 Å². The summed E-state index contributed by atoms with van der Waals surface area (Å²) in [5, 5.41) is 3.04. The van der Waals surface area contributed by atoms with Crippen LogP contribution in [0.4, 0.5) is 0 Å². The molecule has 1 heterocycles. The molecule has 2 aromatic rings. The molecular weight excluding hydrogens is 336 g/mol. The Morgan fingerprint density at radius 3 is 2.33 bits per heavy atom. The average Bonchev–Trinajstić information content (AvgIpc) is 3.55. The van der Waals surface area contributed by atoms with Gasteiger partial charge < -0.3 is 10.2 Å². The predicted molar refractivity (Wildman–Crippen MR) is 105 cm³/mol. The van der Waals surface area contributed by atoms with Crippen LogP contribution >= 0.6 is 0 Å². The summed E-state index contributed by atoms with van der Waals surface area (Å²) >= 11 is 0. The molecule has 1 saturated carbocycles. The van der Waals surface area contributed by atoms with Gasteiger partial charge >= 0.3 is 0 Å². The fraction of sp³-hybridized carbons (Fsp3) is 0.391. The van der Waals surface area contributed by atoms with Gasteiger partial charge in [0.15, 0.2) is 0 Å². The van der Waals surface area contributed by atoms with Crippen LogP contribution in [-0.2, 0) is 10.2 Å². The van der Waals surface area contributed by atoms with E-state index in [0.29, 0.717) is 18.0 Å². The summed E-state index contributed by atoms with van der Waals surface area (Å²) in [6.07, 6.45) is 3.95. The fourth-order valence-electron chi connectivity index (χ4n) is 4.16. The molecule has 2 fully saturated rings. The topological polar surface area (TPSA) is 49.4 Å². The zero-order valence-corrected chi connectivity index (χ0v) is 15.6. The van der Waals surface area contributed by atoms with Crippen molar-refractivity contribution in [3.8, 4) is 0 Å². The molecule has 0 aromatic heterocycles. The van der Waals surface area contributed by atoms with E-state index in [-0.39, 0.29) is 17.2 Å². The molecule has 1 aliphatic carbocycles. The molecule has 2 aromatic carbocycles. The fourth-order valence-corrected chi connectivity index (χ4v) is 4.16. The van der Waals surface area contributed by atoms with Crippen molar-refractivity contribution in [2.24, 2.45) is 5.92 Å². The number of carbonyl (C=O) groups excluding carboxylic acids is 2. The number of benzene rings is 2. The lowest BCUT2D eigenvalue weighted by Gasteiger charge is -2.35. The largest absolute Gasteiger partial charge is 0.352 e. The zero-order chi connectivity index (χ0) is 18.7. The third kappa shape index (κ3) is 3.75. The SMILES string of the molecule is O=C(NCC1CCCN(C(=O)C2(c3ccccc3)CC2)C1)c1ccccc1. The van der Waals surface area contributed by atoms with Crippen LogP contribution in [0.25, 0.3) is 0 Å².